The van der Waals surface area contributed by atoms with E-state index in [0.717, 1.165) is 5.69 Å². The molecule has 1 aromatic heterocycles. The van der Waals surface area contributed by atoms with Gasteiger partial charge in [0.2, 0.25) is 0 Å². The standard InChI is InChI=1S/C15H25N3O2/c1-10(2)13-8-12(9-14(16)17-13)15(19)18(5)6-7-20-11(3)4/h8-11H,6-7H2,1-5H3,(H2,16,17). The highest BCUT2D eigenvalue weighted by atomic mass is 16.5. The zero-order valence-electron chi connectivity index (χ0n) is 13.0. The van der Waals surface area contributed by atoms with Crippen LogP contribution in [-0.2, 0) is 4.74 Å². The van der Waals surface area contributed by atoms with Crippen LogP contribution in [0.1, 0.15) is 49.7 Å². The minimum absolute atomic E-state index is 0.0617. The highest BCUT2D eigenvalue weighted by Gasteiger charge is 2.14. The summed E-state index contributed by atoms with van der Waals surface area (Å²) in [5, 5.41) is 0. The summed E-state index contributed by atoms with van der Waals surface area (Å²) < 4.78 is 5.45. The highest BCUT2D eigenvalue weighted by molar-refractivity contribution is 5.94. The number of ether oxygens (including phenoxy) is 1. The van der Waals surface area contributed by atoms with Crippen molar-refractivity contribution in [3.63, 3.8) is 0 Å². The lowest BCUT2D eigenvalue weighted by Crippen LogP contribution is -2.31. The van der Waals surface area contributed by atoms with Gasteiger partial charge in [0.05, 0.1) is 12.7 Å². The van der Waals surface area contributed by atoms with Gasteiger partial charge < -0.3 is 15.4 Å². The zero-order chi connectivity index (χ0) is 15.3. The van der Waals surface area contributed by atoms with Crippen molar-refractivity contribution in [1.29, 1.82) is 0 Å². The number of carbonyl (C=O) groups is 1. The van der Waals surface area contributed by atoms with Crippen molar-refractivity contribution >= 4 is 11.7 Å². The van der Waals surface area contributed by atoms with E-state index in [1.807, 2.05) is 33.8 Å². The summed E-state index contributed by atoms with van der Waals surface area (Å²) in [6, 6.07) is 3.43. The molecular formula is C15H25N3O2. The van der Waals surface area contributed by atoms with Crippen LogP contribution in [0.15, 0.2) is 12.1 Å². The Morgan fingerprint density at radius 3 is 2.55 bits per heavy atom. The first-order valence-electron chi connectivity index (χ1n) is 6.95. The normalized spacial score (nSPS) is 11.2. The van der Waals surface area contributed by atoms with E-state index in [1.54, 1.807) is 18.0 Å². The van der Waals surface area contributed by atoms with Crippen molar-refractivity contribution in [2.75, 3.05) is 25.9 Å². The van der Waals surface area contributed by atoms with Crippen LogP contribution < -0.4 is 5.73 Å². The van der Waals surface area contributed by atoms with E-state index in [1.165, 1.54) is 0 Å². The van der Waals surface area contributed by atoms with E-state index in [-0.39, 0.29) is 17.9 Å². The number of hydrogen-bond donors (Lipinski definition) is 1. The number of anilines is 1. The molecule has 5 heteroatoms. The molecule has 0 radical (unpaired) electrons. The van der Waals surface area contributed by atoms with Gasteiger partial charge in [0.1, 0.15) is 5.82 Å². The van der Waals surface area contributed by atoms with E-state index < -0.39 is 0 Å². The fourth-order valence-corrected chi connectivity index (χ4v) is 1.74. The summed E-state index contributed by atoms with van der Waals surface area (Å²) >= 11 is 0. The second-order valence-electron chi connectivity index (χ2n) is 5.51. The lowest BCUT2D eigenvalue weighted by molar-refractivity contribution is 0.0532. The number of carbonyl (C=O) groups excluding carboxylic acids is 1. The van der Waals surface area contributed by atoms with Crippen molar-refractivity contribution in [3.8, 4) is 0 Å². The lowest BCUT2D eigenvalue weighted by Gasteiger charge is -2.19. The molecule has 20 heavy (non-hydrogen) atoms. The number of nitrogens with zero attached hydrogens (tertiary/aromatic N) is 2. The second kappa shape index (κ2) is 7.24. The molecule has 0 aliphatic carbocycles. The predicted octanol–water partition coefficient (Wildman–Crippen LogP) is 2.28. The fraction of sp³-hybridized carbons (Fsp3) is 0.600. The summed E-state index contributed by atoms with van der Waals surface area (Å²) in [4.78, 5) is 18.2. The monoisotopic (exact) mass is 279 g/mol. The molecule has 0 spiro atoms. The van der Waals surface area contributed by atoms with Crippen molar-refractivity contribution in [1.82, 2.24) is 9.88 Å². The molecule has 0 unspecified atom stereocenters. The third kappa shape index (κ3) is 4.81. The number of pyridine rings is 1. The second-order valence-corrected chi connectivity index (χ2v) is 5.51. The van der Waals surface area contributed by atoms with Crippen LogP contribution in [0.4, 0.5) is 5.82 Å². The first-order chi connectivity index (χ1) is 9.31. The van der Waals surface area contributed by atoms with Gasteiger partial charge in [-0.05, 0) is 31.9 Å². The summed E-state index contributed by atoms with van der Waals surface area (Å²) in [5.74, 6) is 0.555. The number of hydrogen-bond acceptors (Lipinski definition) is 4. The molecule has 1 rings (SSSR count). The molecule has 1 heterocycles. The molecule has 1 aromatic rings. The van der Waals surface area contributed by atoms with Gasteiger partial charge in [-0.15, -0.1) is 0 Å². The van der Waals surface area contributed by atoms with Crippen LogP contribution in [0.5, 0.6) is 0 Å². The average Bonchev–Trinajstić information content (AvgIpc) is 2.36. The molecule has 0 aliphatic heterocycles. The van der Waals surface area contributed by atoms with Gasteiger partial charge in [0, 0.05) is 24.8 Å². The highest BCUT2D eigenvalue weighted by Crippen LogP contribution is 2.17. The molecular weight excluding hydrogens is 254 g/mol. The fourth-order valence-electron chi connectivity index (χ4n) is 1.74. The van der Waals surface area contributed by atoms with Crippen molar-refractivity contribution in [2.45, 2.75) is 39.7 Å². The third-order valence-electron chi connectivity index (χ3n) is 2.93. The Hall–Kier alpha value is -1.62. The van der Waals surface area contributed by atoms with Crippen molar-refractivity contribution in [2.24, 2.45) is 0 Å². The summed E-state index contributed by atoms with van der Waals surface area (Å²) in [7, 11) is 1.76. The molecule has 0 fully saturated rings. The zero-order valence-corrected chi connectivity index (χ0v) is 13.0. The maximum atomic E-state index is 12.3. The number of rotatable bonds is 6. The SMILES string of the molecule is CC(C)OCCN(C)C(=O)c1cc(N)nc(C(C)C)c1. The van der Waals surface area contributed by atoms with Crippen LogP contribution in [0.3, 0.4) is 0 Å². The van der Waals surface area contributed by atoms with Gasteiger partial charge in [0.15, 0.2) is 0 Å². The Balaban J connectivity index is 2.75. The minimum atomic E-state index is -0.0617. The van der Waals surface area contributed by atoms with Crippen molar-refractivity contribution < 1.29 is 9.53 Å². The topological polar surface area (TPSA) is 68.5 Å². The van der Waals surface area contributed by atoms with Crippen LogP contribution in [0.25, 0.3) is 0 Å². The van der Waals surface area contributed by atoms with Crippen LogP contribution in [0, 0.1) is 0 Å². The number of amides is 1. The Labute approximate surface area is 121 Å². The molecule has 5 nitrogen and oxygen atoms in total. The largest absolute Gasteiger partial charge is 0.384 e. The number of likely N-dealkylation sites (N-methyl/N-ethyl adjacent to an activating group) is 1. The summed E-state index contributed by atoms with van der Waals surface area (Å²) in [6.45, 7) is 9.07. The quantitative estimate of drug-likeness (QED) is 0.867. The maximum absolute atomic E-state index is 12.3. The van der Waals surface area contributed by atoms with Gasteiger partial charge in [-0.1, -0.05) is 13.8 Å². The van der Waals surface area contributed by atoms with E-state index >= 15 is 0 Å². The smallest absolute Gasteiger partial charge is 0.253 e. The van der Waals surface area contributed by atoms with Gasteiger partial charge in [-0.2, -0.15) is 0 Å². The van der Waals surface area contributed by atoms with Crippen molar-refractivity contribution in [3.05, 3.63) is 23.4 Å². The molecule has 112 valence electrons. The molecule has 0 aromatic carbocycles. The Morgan fingerprint density at radius 2 is 2.00 bits per heavy atom. The van der Waals surface area contributed by atoms with E-state index in [2.05, 4.69) is 4.98 Å². The van der Waals surface area contributed by atoms with Gasteiger partial charge in [-0.25, -0.2) is 4.98 Å². The third-order valence-corrected chi connectivity index (χ3v) is 2.93. The lowest BCUT2D eigenvalue weighted by atomic mass is 10.1. The van der Waals surface area contributed by atoms with Crippen LogP contribution >= 0.6 is 0 Å². The minimum Gasteiger partial charge on any atom is -0.384 e. The average molecular weight is 279 g/mol. The molecule has 0 aliphatic rings. The molecule has 1 amide bonds. The Kier molecular flexibility index (Phi) is 5.95. The predicted molar refractivity (Wildman–Crippen MR) is 80.8 cm³/mol. The van der Waals surface area contributed by atoms with Gasteiger partial charge in [0.25, 0.3) is 5.91 Å². The first kappa shape index (κ1) is 16.4. The molecule has 0 atom stereocenters. The molecule has 0 bridgehead atoms. The van der Waals surface area contributed by atoms with E-state index in [9.17, 15) is 4.79 Å². The number of nitrogen functional groups attached to an aromatic ring is 1. The Bertz CT molecular complexity index is 458. The number of nitrogens with two attached hydrogens (primary N) is 1. The van der Waals surface area contributed by atoms with E-state index in [0.29, 0.717) is 24.5 Å². The maximum Gasteiger partial charge on any atom is 0.253 e. The van der Waals surface area contributed by atoms with Gasteiger partial charge >= 0.3 is 0 Å². The summed E-state index contributed by atoms with van der Waals surface area (Å²) in [5.41, 5.74) is 7.18. The molecule has 0 saturated heterocycles. The summed E-state index contributed by atoms with van der Waals surface area (Å²) in [6.07, 6.45) is 0.169. The Morgan fingerprint density at radius 1 is 1.35 bits per heavy atom. The van der Waals surface area contributed by atoms with E-state index in [4.69, 9.17) is 10.5 Å². The van der Waals surface area contributed by atoms with Crippen LogP contribution in [0.2, 0.25) is 0 Å². The van der Waals surface area contributed by atoms with Crippen LogP contribution in [-0.4, -0.2) is 42.1 Å². The molecule has 2 N–H and O–H groups in total. The number of aromatic nitrogens is 1. The van der Waals surface area contributed by atoms with Gasteiger partial charge in [-0.3, -0.25) is 4.79 Å². The molecule has 0 saturated carbocycles. The first-order valence-corrected chi connectivity index (χ1v) is 6.95.